The van der Waals surface area contributed by atoms with E-state index in [1.54, 1.807) is 36.1 Å². The highest BCUT2D eigenvalue weighted by molar-refractivity contribution is 6.30. The number of carbonyl (C=O) groups excluding carboxylic acids is 2. The van der Waals surface area contributed by atoms with Crippen LogP contribution in [0, 0.1) is 5.41 Å². The number of esters is 1. The zero-order valence-electron chi connectivity index (χ0n) is 23.2. The average molecular weight is 595 g/mol. The molecule has 3 aromatic carbocycles. The van der Waals surface area contributed by atoms with Crippen LogP contribution < -0.4 is 0 Å². The second-order valence-electron chi connectivity index (χ2n) is 10.9. The molecule has 0 saturated heterocycles. The molecule has 2 aliphatic rings. The Labute approximate surface area is 250 Å². The highest BCUT2D eigenvalue weighted by Gasteiger charge is 2.57. The third kappa shape index (κ3) is 5.54. The first kappa shape index (κ1) is 29.3. The lowest BCUT2D eigenvalue weighted by Crippen LogP contribution is -2.50. The Balaban J connectivity index is 1.77. The van der Waals surface area contributed by atoms with Crippen molar-refractivity contribution in [2.45, 2.75) is 44.9 Å². The number of rotatable bonds is 11. The number of aliphatic hydroxyl groups is 1. The van der Waals surface area contributed by atoms with Crippen LogP contribution in [0.2, 0.25) is 10.0 Å². The van der Waals surface area contributed by atoms with Crippen molar-refractivity contribution in [1.82, 2.24) is 4.90 Å². The van der Waals surface area contributed by atoms with Crippen molar-refractivity contribution in [3.63, 3.8) is 0 Å². The quantitative estimate of drug-likeness (QED) is 0.238. The van der Waals surface area contributed by atoms with Crippen molar-refractivity contribution in [2.24, 2.45) is 5.41 Å². The Hall–Kier alpha value is -3.16. The molecule has 1 aliphatic carbocycles. The molecule has 0 spiro atoms. The summed E-state index contributed by atoms with van der Waals surface area (Å²) in [6.45, 7) is 8.09. The van der Waals surface area contributed by atoms with Crippen LogP contribution >= 0.6 is 23.2 Å². The summed E-state index contributed by atoms with van der Waals surface area (Å²) in [6, 6.07) is 19.2. The second-order valence-corrected chi connectivity index (χ2v) is 11.8. The molecule has 1 aliphatic heterocycles. The number of carbonyl (C=O) groups is 2. The maximum Gasteiger partial charge on any atom is 0.308 e. The van der Waals surface area contributed by atoms with Gasteiger partial charge in [-0.1, -0.05) is 71.8 Å². The smallest absolute Gasteiger partial charge is 0.308 e. The number of allylic oxidation sites excluding steroid dienone is 1. The molecular weight excluding hydrogens is 561 g/mol. The molecule has 1 amide bonds. The number of halogens is 2. The van der Waals surface area contributed by atoms with Crippen LogP contribution in [0.15, 0.2) is 73.3 Å². The van der Waals surface area contributed by atoms with E-state index in [4.69, 9.17) is 32.7 Å². The van der Waals surface area contributed by atoms with Gasteiger partial charge in [0.25, 0.3) is 5.91 Å². The van der Waals surface area contributed by atoms with Crippen LogP contribution in [-0.4, -0.2) is 41.7 Å². The molecule has 6 nitrogen and oxygen atoms in total. The number of aliphatic hydroxyl groups excluding tert-OH is 1. The number of hydrogen-bond acceptors (Lipinski definition) is 5. The minimum atomic E-state index is -1.42. The lowest BCUT2D eigenvalue weighted by Gasteiger charge is -2.44. The fraction of sp³-hybridized carbons (Fsp3) is 0.333. The van der Waals surface area contributed by atoms with Gasteiger partial charge < -0.3 is 14.6 Å². The van der Waals surface area contributed by atoms with Crippen molar-refractivity contribution < 1.29 is 24.2 Å². The van der Waals surface area contributed by atoms with Crippen LogP contribution in [0.25, 0.3) is 5.57 Å². The summed E-state index contributed by atoms with van der Waals surface area (Å²) in [4.78, 5) is 29.3. The topological polar surface area (TPSA) is 76.1 Å². The van der Waals surface area contributed by atoms with Crippen LogP contribution in [0.3, 0.4) is 0 Å². The Morgan fingerprint density at radius 1 is 1.05 bits per heavy atom. The highest BCUT2D eigenvalue weighted by atomic mass is 35.5. The first-order valence-electron chi connectivity index (χ1n) is 13.7. The van der Waals surface area contributed by atoms with Gasteiger partial charge in [0.1, 0.15) is 0 Å². The van der Waals surface area contributed by atoms with Crippen LogP contribution in [-0.2, 0) is 20.0 Å². The maximum absolute atomic E-state index is 14.6. The van der Waals surface area contributed by atoms with Crippen LogP contribution in [0.1, 0.15) is 71.8 Å². The van der Waals surface area contributed by atoms with Gasteiger partial charge in [0.2, 0.25) is 0 Å². The number of hydrogen-bond donors (Lipinski definition) is 1. The van der Waals surface area contributed by atoms with E-state index in [-0.39, 0.29) is 37.6 Å². The molecule has 0 aromatic heterocycles. The van der Waals surface area contributed by atoms with Gasteiger partial charge in [0.05, 0.1) is 32.3 Å². The SMILES string of the molecule is C=C(C)c1ccc2c(c1)C(=O)N(C(CC(=O)OCC)c1ccc(Cl)cc1)[C@@]2(OCC1(CO)CC1)c1ccc(Cl)cc1. The number of nitrogens with zero attached hydrogens (tertiary/aromatic N) is 1. The largest absolute Gasteiger partial charge is 0.466 e. The molecule has 8 heteroatoms. The van der Waals surface area contributed by atoms with Crippen molar-refractivity contribution in [1.29, 1.82) is 0 Å². The van der Waals surface area contributed by atoms with E-state index in [2.05, 4.69) is 6.58 Å². The van der Waals surface area contributed by atoms with Gasteiger partial charge in [-0.05, 0) is 68.1 Å². The first-order chi connectivity index (χ1) is 19.6. The fourth-order valence-corrected chi connectivity index (χ4v) is 5.70. The Kier molecular flexibility index (Phi) is 8.31. The maximum atomic E-state index is 14.6. The first-order valence-corrected chi connectivity index (χ1v) is 14.5. The van der Waals surface area contributed by atoms with Gasteiger partial charge in [-0.3, -0.25) is 14.5 Å². The standard InChI is InChI=1S/C33H33Cl2NO5/c1-4-40-30(38)18-29(22-5-10-25(34)11-6-22)36-31(39)27-17-23(21(2)3)7-14-28(27)33(36,24-8-12-26(35)13-9-24)41-20-32(19-37)15-16-32/h5-14,17,29,37H,2,4,15-16,18-20H2,1,3H3/t29?,33-/m1/s1. The summed E-state index contributed by atoms with van der Waals surface area (Å²) < 4.78 is 12.3. The normalized spacial score (nSPS) is 19.5. The highest BCUT2D eigenvalue weighted by Crippen LogP contribution is 2.54. The zero-order chi connectivity index (χ0) is 29.4. The molecule has 214 valence electrons. The molecule has 1 heterocycles. The number of fused-ring (bicyclic) bond motifs is 1. The summed E-state index contributed by atoms with van der Waals surface area (Å²) in [7, 11) is 0. The molecule has 0 bridgehead atoms. The van der Waals surface area contributed by atoms with Crippen molar-refractivity contribution in [3.05, 3.63) is 111 Å². The van der Waals surface area contributed by atoms with E-state index >= 15 is 0 Å². The van der Waals surface area contributed by atoms with Gasteiger partial charge in [-0.2, -0.15) is 0 Å². The van der Waals surface area contributed by atoms with Gasteiger partial charge in [0.15, 0.2) is 5.72 Å². The molecule has 2 atom stereocenters. The van der Waals surface area contributed by atoms with Crippen molar-refractivity contribution >= 4 is 40.7 Å². The van der Waals surface area contributed by atoms with Gasteiger partial charge in [0, 0.05) is 32.2 Å². The minimum absolute atomic E-state index is 0.0253. The molecule has 0 radical (unpaired) electrons. The third-order valence-corrected chi connectivity index (χ3v) is 8.52. The van der Waals surface area contributed by atoms with Gasteiger partial charge >= 0.3 is 5.97 Å². The van der Waals surface area contributed by atoms with Crippen molar-refractivity contribution in [3.8, 4) is 0 Å². The number of ether oxygens (including phenoxy) is 2. The predicted molar refractivity (Wildman–Crippen MR) is 160 cm³/mol. The Morgan fingerprint density at radius 3 is 2.24 bits per heavy atom. The summed E-state index contributed by atoms with van der Waals surface area (Å²) in [6.07, 6.45) is 1.53. The average Bonchev–Trinajstić information content (AvgIpc) is 3.71. The molecule has 1 unspecified atom stereocenters. The minimum Gasteiger partial charge on any atom is -0.466 e. The zero-order valence-corrected chi connectivity index (χ0v) is 24.7. The molecular formula is C33H33Cl2NO5. The molecule has 1 N–H and O–H groups in total. The van der Waals surface area contributed by atoms with Crippen molar-refractivity contribution in [2.75, 3.05) is 19.8 Å². The van der Waals surface area contributed by atoms with Gasteiger partial charge in [-0.15, -0.1) is 0 Å². The lowest BCUT2D eigenvalue weighted by atomic mass is 9.89. The summed E-state index contributed by atoms with van der Waals surface area (Å²) in [5.41, 5.74) is 2.31. The van der Waals surface area contributed by atoms with Crippen LogP contribution in [0.5, 0.6) is 0 Å². The lowest BCUT2D eigenvalue weighted by molar-refractivity contribution is -0.154. The van der Waals surface area contributed by atoms with E-state index in [0.29, 0.717) is 32.3 Å². The van der Waals surface area contributed by atoms with Gasteiger partial charge in [-0.25, -0.2) is 0 Å². The Bertz CT molecular complexity index is 1470. The Morgan fingerprint density at radius 2 is 1.68 bits per heavy atom. The van der Waals surface area contributed by atoms with E-state index in [1.165, 1.54) is 0 Å². The number of amides is 1. The molecule has 1 fully saturated rings. The number of benzene rings is 3. The third-order valence-electron chi connectivity index (χ3n) is 8.01. The predicted octanol–water partition coefficient (Wildman–Crippen LogP) is 7.17. The van der Waals surface area contributed by atoms with E-state index in [1.807, 2.05) is 49.4 Å². The summed E-state index contributed by atoms with van der Waals surface area (Å²) >= 11 is 12.5. The molecule has 1 saturated carbocycles. The van der Waals surface area contributed by atoms with E-state index in [0.717, 1.165) is 24.0 Å². The molecule has 5 rings (SSSR count). The summed E-state index contributed by atoms with van der Waals surface area (Å²) in [5, 5.41) is 11.2. The second kappa shape index (κ2) is 11.6. The molecule has 41 heavy (non-hydrogen) atoms. The fourth-order valence-electron chi connectivity index (χ4n) is 5.45. The van der Waals surface area contributed by atoms with E-state index < -0.39 is 17.7 Å². The molecule has 3 aromatic rings. The monoisotopic (exact) mass is 593 g/mol. The van der Waals surface area contributed by atoms with E-state index in [9.17, 15) is 14.7 Å². The summed E-state index contributed by atoms with van der Waals surface area (Å²) in [5.74, 6) is -0.742. The van der Waals surface area contributed by atoms with Crippen LogP contribution in [0.4, 0.5) is 0 Å².